The number of hydrogen-bond acceptors (Lipinski definition) is 6. The monoisotopic (exact) mass is 367 g/mol. The molecule has 0 amide bonds. The van der Waals surface area contributed by atoms with Crippen LogP contribution >= 0.6 is 11.8 Å². The number of hydrogen-bond donors (Lipinski definition) is 0. The molecule has 2 aromatic carbocycles. The van der Waals surface area contributed by atoms with Crippen LogP contribution in [0.1, 0.15) is 6.92 Å². The number of ether oxygens (including phenoxy) is 1. The van der Waals surface area contributed by atoms with E-state index in [0.29, 0.717) is 11.0 Å². The zero-order valence-electron chi connectivity index (χ0n) is 14.2. The fourth-order valence-electron chi connectivity index (χ4n) is 2.29. The number of ketones is 1. The van der Waals surface area contributed by atoms with Crippen LogP contribution in [0, 0.1) is 0 Å². The molecule has 0 spiro atoms. The molecule has 0 aliphatic heterocycles. The minimum Gasteiger partial charge on any atom is -0.457 e. The van der Waals surface area contributed by atoms with Crippen LogP contribution in [0.4, 0.5) is 0 Å². The highest BCUT2D eigenvalue weighted by Crippen LogP contribution is 2.27. The van der Waals surface area contributed by atoms with Crippen LogP contribution in [0.3, 0.4) is 0 Å². The molecular formula is C19H17N3O3S. The fourth-order valence-corrected chi connectivity index (χ4v) is 3.04. The number of thioether (sulfide) groups is 1. The standard InChI is InChI=1S/C19H17N3O3S/c1-14(23)12-25-17(24)13-26-19-21-20-18(15-8-4-2-5-9-15)22(19)16-10-6-3-7-11-16/h2-11H,12-13H2,1H3. The van der Waals surface area contributed by atoms with Gasteiger partial charge in [0.05, 0.1) is 5.75 Å². The molecule has 7 heteroatoms. The summed E-state index contributed by atoms with van der Waals surface area (Å²) in [5.74, 6) is 0.0835. The summed E-state index contributed by atoms with van der Waals surface area (Å²) in [6, 6.07) is 19.4. The van der Waals surface area contributed by atoms with Crippen molar-refractivity contribution in [2.24, 2.45) is 0 Å². The molecule has 1 heterocycles. The summed E-state index contributed by atoms with van der Waals surface area (Å²) < 4.78 is 6.80. The molecule has 6 nitrogen and oxygen atoms in total. The number of rotatable bonds is 7. The van der Waals surface area contributed by atoms with E-state index < -0.39 is 5.97 Å². The van der Waals surface area contributed by atoms with Crippen molar-refractivity contribution < 1.29 is 14.3 Å². The van der Waals surface area contributed by atoms with Gasteiger partial charge in [-0.25, -0.2) is 0 Å². The van der Waals surface area contributed by atoms with E-state index in [4.69, 9.17) is 4.74 Å². The van der Waals surface area contributed by atoms with E-state index in [1.54, 1.807) is 0 Å². The Hall–Kier alpha value is -2.93. The molecule has 0 saturated carbocycles. The van der Waals surface area contributed by atoms with Gasteiger partial charge in [-0.05, 0) is 19.1 Å². The predicted octanol–water partition coefficient (Wildman–Crippen LogP) is 3.16. The highest BCUT2D eigenvalue weighted by molar-refractivity contribution is 7.99. The molecule has 0 unspecified atom stereocenters. The molecular weight excluding hydrogens is 350 g/mol. The molecule has 0 saturated heterocycles. The van der Waals surface area contributed by atoms with Gasteiger partial charge in [-0.2, -0.15) is 0 Å². The number of esters is 1. The van der Waals surface area contributed by atoms with Crippen molar-refractivity contribution in [1.29, 1.82) is 0 Å². The summed E-state index contributed by atoms with van der Waals surface area (Å²) in [5.41, 5.74) is 1.82. The summed E-state index contributed by atoms with van der Waals surface area (Å²) in [6.45, 7) is 1.17. The first-order chi connectivity index (χ1) is 12.6. The first kappa shape index (κ1) is 17.9. The summed E-state index contributed by atoms with van der Waals surface area (Å²) in [5, 5.41) is 9.12. The van der Waals surface area contributed by atoms with Crippen molar-refractivity contribution >= 4 is 23.5 Å². The highest BCUT2D eigenvalue weighted by Gasteiger charge is 2.17. The molecule has 3 aromatic rings. The number of aromatic nitrogens is 3. The summed E-state index contributed by atoms with van der Waals surface area (Å²) in [7, 11) is 0. The Morgan fingerprint density at radius 2 is 1.65 bits per heavy atom. The number of carbonyl (C=O) groups excluding carboxylic acids is 2. The lowest BCUT2D eigenvalue weighted by atomic mass is 10.2. The molecule has 0 aliphatic carbocycles. The molecule has 132 valence electrons. The van der Waals surface area contributed by atoms with Gasteiger partial charge in [0.2, 0.25) is 0 Å². The van der Waals surface area contributed by atoms with Crippen molar-refractivity contribution in [2.75, 3.05) is 12.4 Å². The van der Waals surface area contributed by atoms with Gasteiger partial charge in [0.1, 0.15) is 6.61 Å². The third-order valence-electron chi connectivity index (χ3n) is 3.44. The SMILES string of the molecule is CC(=O)COC(=O)CSc1nnc(-c2ccccc2)n1-c1ccccc1. The average Bonchev–Trinajstić information content (AvgIpc) is 3.10. The van der Waals surface area contributed by atoms with E-state index >= 15 is 0 Å². The maximum absolute atomic E-state index is 11.8. The van der Waals surface area contributed by atoms with Crippen LogP contribution in [-0.4, -0.2) is 38.9 Å². The minimum absolute atomic E-state index is 0.0486. The fraction of sp³-hybridized carbons (Fsp3) is 0.158. The molecule has 3 rings (SSSR count). The van der Waals surface area contributed by atoms with Crippen molar-refractivity contribution in [1.82, 2.24) is 14.8 Å². The van der Waals surface area contributed by atoms with Gasteiger partial charge in [-0.3, -0.25) is 14.2 Å². The molecule has 0 radical (unpaired) electrons. The molecule has 1 aromatic heterocycles. The Bertz CT molecular complexity index is 895. The van der Waals surface area contributed by atoms with Crippen LogP contribution < -0.4 is 0 Å². The maximum atomic E-state index is 11.8. The van der Waals surface area contributed by atoms with Crippen molar-refractivity contribution in [2.45, 2.75) is 12.1 Å². The number of nitrogens with zero attached hydrogens (tertiary/aromatic N) is 3. The van der Waals surface area contributed by atoms with E-state index in [9.17, 15) is 9.59 Å². The maximum Gasteiger partial charge on any atom is 0.316 e. The zero-order chi connectivity index (χ0) is 18.4. The second-order valence-electron chi connectivity index (χ2n) is 5.49. The number of benzene rings is 2. The van der Waals surface area contributed by atoms with Gasteiger partial charge in [-0.1, -0.05) is 60.3 Å². The van der Waals surface area contributed by atoms with Gasteiger partial charge in [0.15, 0.2) is 16.8 Å². The topological polar surface area (TPSA) is 74.1 Å². The van der Waals surface area contributed by atoms with Gasteiger partial charge in [0, 0.05) is 11.3 Å². The largest absolute Gasteiger partial charge is 0.457 e. The van der Waals surface area contributed by atoms with Crippen LogP contribution in [0.2, 0.25) is 0 Å². The van der Waals surface area contributed by atoms with Crippen LogP contribution in [-0.2, 0) is 14.3 Å². The summed E-state index contributed by atoms with van der Waals surface area (Å²) >= 11 is 1.22. The van der Waals surface area contributed by atoms with Crippen molar-refractivity contribution in [3.05, 3.63) is 60.7 Å². The lowest BCUT2D eigenvalue weighted by Crippen LogP contribution is -2.13. The Morgan fingerprint density at radius 1 is 1.00 bits per heavy atom. The Morgan fingerprint density at radius 3 is 2.31 bits per heavy atom. The van der Waals surface area contributed by atoms with E-state index in [2.05, 4.69) is 10.2 Å². The van der Waals surface area contributed by atoms with Gasteiger partial charge < -0.3 is 4.74 Å². The minimum atomic E-state index is -0.464. The normalized spacial score (nSPS) is 10.5. The summed E-state index contributed by atoms with van der Waals surface area (Å²) in [4.78, 5) is 22.7. The lowest BCUT2D eigenvalue weighted by molar-refractivity contribution is -0.144. The third kappa shape index (κ3) is 4.37. The average molecular weight is 367 g/mol. The van der Waals surface area contributed by atoms with Crippen molar-refractivity contribution in [3.8, 4) is 17.1 Å². The van der Waals surface area contributed by atoms with E-state index in [0.717, 1.165) is 11.3 Å². The zero-order valence-corrected chi connectivity index (χ0v) is 15.0. The van der Waals surface area contributed by atoms with Gasteiger partial charge in [0.25, 0.3) is 0 Å². The summed E-state index contributed by atoms with van der Waals surface area (Å²) in [6.07, 6.45) is 0. The third-order valence-corrected chi connectivity index (χ3v) is 4.34. The Labute approximate surface area is 155 Å². The van der Waals surface area contributed by atoms with Crippen LogP contribution in [0.25, 0.3) is 17.1 Å². The van der Waals surface area contributed by atoms with E-state index in [-0.39, 0.29) is 18.1 Å². The number of carbonyl (C=O) groups is 2. The van der Waals surface area contributed by atoms with Crippen LogP contribution in [0.5, 0.6) is 0 Å². The lowest BCUT2D eigenvalue weighted by Gasteiger charge is -2.10. The smallest absolute Gasteiger partial charge is 0.316 e. The van der Waals surface area contributed by atoms with E-state index in [1.165, 1.54) is 18.7 Å². The molecule has 0 fully saturated rings. The van der Waals surface area contributed by atoms with Crippen molar-refractivity contribution in [3.63, 3.8) is 0 Å². The highest BCUT2D eigenvalue weighted by atomic mass is 32.2. The molecule has 0 bridgehead atoms. The number of para-hydroxylation sites is 1. The second-order valence-corrected chi connectivity index (χ2v) is 6.44. The Balaban J connectivity index is 1.87. The molecule has 0 atom stereocenters. The predicted molar refractivity (Wildman–Crippen MR) is 99.2 cm³/mol. The Kier molecular flexibility index (Phi) is 5.80. The van der Waals surface area contributed by atoms with Gasteiger partial charge in [-0.15, -0.1) is 10.2 Å². The van der Waals surface area contributed by atoms with Crippen LogP contribution in [0.15, 0.2) is 65.8 Å². The first-order valence-electron chi connectivity index (χ1n) is 7.99. The molecule has 0 N–H and O–H groups in total. The second kappa shape index (κ2) is 8.44. The quantitative estimate of drug-likeness (QED) is 0.472. The van der Waals surface area contributed by atoms with Gasteiger partial charge >= 0.3 is 5.97 Å². The van der Waals surface area contributed by atoms with E-state index in [1.807, 2.05) is 65.2 Å². The molecule has 0 aliphatic rings. The first-order valence-corrected chi connectivity index (χ1v) is 8.98. The molecule has 26 heavy (non-hydrogen) atoms. The number of Topliss-reactive ketones (excluding diaryl/α,β-unsaturated/α-hetero) is 1.